The van der Waals surface area contributed by atoms with E-state index in [2.05, 4.69) is 28.5 Å². The molecule has 0 saturated carbocycles. The van der Waals surface area contributed by atoms with Crippen molar-refractivity contribution < 1.29 is 4.79 Å². The van der Waals surface area contributed by atoms with Crippen molar-refractivity contribution in [3.63, 3.8) is 0 Å². The zero-order valence-electron chi connectivity index (χ0n) is 14.5. The van der Waals surface area contributed by atoms with Crippen molar-refractivity contribution in [3.8, 4) is 11.3 Å². The number of rotatable bonds is 4. The molecule has 1 heterocycles. The number of thiazole rings is 1. The van der Waals surface area contributed by atoms with Crippen LogP contribution in [0.25, 0.3) is 28.1 Å². The second-order valence-corrected chi connectivity index (χ2v) is 7.75. The molecule has 28 heavy (non-hydrogen) atoms. The van der Waals surface area contributed by atoms with Crippen molar-refractivity contribution in [1.82, 2.24) is 4.98 Å². The Hall–Kier alpha value is -2.66. The lowest BCUT2D eigenvalue weighted by Crippen LogP contribution is -2.07. The molecule has 0 spiro atoms. The predicted octanol–water partition coefficient (Wildman–Crippen LogP) is 6.92. The zero-order chi connectivity index (χ0) is 19.5. The van der Waals surface area contributed by atoms with E-state index in [1.165, 1.54) is 17.4 Å². The fraction of sp³-hybridized carbons (Fsp3) is 0. The number of nitrogens with zero attached hydrogens (tertiary/aromatic N) is 1. The lowest BCUT2D eigenvalue weighted by Gasteiger charge is -2.03. The largest absolute Gasteiger partial charge is 0.298 e. The van der Waals surface area contributed by atoms with E-state index in [4.69, 9.17) is 23.2 Å². The molecule has 1 aromatic heterocycles. The predicted molar refractivity (Wildman–Crippen MR) is 119 cm³/mol. The van der Waals surface area contributed by atoms with Gasteiger partial charge in [0, 0.05) is 27.1 Å². The standard InChI is InChI=1S/C22H14Cl2N2OS/c23-16-10-8-15(19(24)12-16)9-11-21(27)26-22-25-20(13-28-22)18-7-3-5-14-4-1-2-6-17(14)18/h1-13H,(H,25,26,27)/b11-9+. The van der Waals surface area contributed by atoms with Gasteiger partial charge in [-0.05, 0) is 34.5 Å². The number of nitrogens with one attached hydrogen (secondary N) is 1. The summed E-state index contributed by atoms with van der Waals surface area (Å²) in [5, 5.41) is 8.60. The Morgan fingerprint density at radius 2 is 1.86 bits per heavy atom. The molecule has 3 aromatic carbocycles. The lowest BCUT2D eigenvalue weighted by atomic mass is 10.0. The average Bonchev–Trinajstić information content (AvgIpc) is 3.15. The molecule has 0 unspecified atom stereocenters. The number of halogens is 2. The fourth-order valence-electron chi connectivity index (χ4n) is 2.85. The molecule has 1 amide bonds. The van der Waals surface area contributed by atoms with Crippen LogP contribution >= 0.6 is 34.5 Å². The van der Waals surface area contributed by atoms with Gasteiger partial charge in [0.2, 0.25) is 5.91 Å². The van der Waals surface area contributed by atoms with Crippen LogP contribution in [0.5, 0.6) is 0 Å². The Balaban J connectivity index is 1.51. The minimum Gasteiger partial charge on any atom is -0.298 e. The Labute approximate surface area is 176 Å². The summed E-state index contributed by atoms with van der Waals surface area (Å²) in [5.41, 5.74) is 2.59. The molecule has 4 aromatic rings. The van der Waals surface area contributed by atoms with Crippen LogP contribution in [0.4, 0.5) is 5.13 Å². The number of hydrogen-bond acceptors (Lipinski definition) is 3. The van der Waals surface area contributed by atoms with E-state index in [0.717, 1.165) is 27.6 Å². The number of hydrogen-bond donors (Lipinski definition) is 1. The van der Waals surface area contributed by atoms with E-state index in [1.807, 2.05) is 29.6 Å². The first kappa shape index (κ1) is 18.7. The maximum Gasteiger partial charge on any atom is 0.250 e. The molecule has 6 heteroatoms. The minimum absolute atomic E-state index is 0.273. The van der Waals surface area contributed by atoms with Crippen LogP contribution in [-0.2, 0) is 4.79 Å². The molecule has 1 N–H and O–H groups in total. The molecule has 0 aliphatic rings. The highest BCUT2D eigenvalue weighted by Gasteiger charge is 2.09. The summed E-state index contributed by atoms with van der Waals surface area (Å²) in [6, 6.07) is 19.4. The summed E-state index contributed by atoms with van der Waals surface area (Å²) in [4.78, 5) is 16.8. The molecule has 0 fully saturated rings. The van der Waals surface area contributed by atoms with E-state index >= 15 is 0 Å². The number of carbonyl (C=O) groups excluding carboxylic acids is 1. The van der Waals surface area contributed by atoms with E-state index in [-0.39, 0.29) is 5.91 Å². The number of carbonyl (C=O) groups is 1. The van der Waals surface area contributed by atoms with E-state index in [0.29, 0.717) is 15.2 Å². The van der Waals surface area contributed by atoms with Crippen LogP contribution < -0.4 is 5.32 Å². The van der Waals surface area contributed by atoms with Gasteiger partial charge in [-0.1, -0.05) is 71.7 Å². The average molecular weight is 425 g/mol. The molecule has 0 radical (unpaired) electrons. The third kappa shape index (κ3) is 4.09. The third-order valence-electron chi connectivity index (χ3n) is 4.18. The van der Waals surface area contributed by atoms with Crippen LogP contribution in [0.2, 0.25) is 10.0 Å². The molecule has 0 bridgehead atoms. The van der Waals surface area contributed by atoms with Crippen LogP contribution in [0.3, 0.4) is 0 Å². The number of benzene rings is 3. The van der Waals surface area contributed by atoms with Gasteiger partial charge in [-0.15, -0.1) is 11.3 Å². The van der Waals surface area contributed by atoms with Gasteiger partial charge in [0.1, 0.15) is 0 Å². The van der Waals surface area contributed by atoms with Gasteiger partial charge in [-0.2, -0.15) is 0 Å². The van der Waals surface area contributed by atoms with Gasteiger partial charge >= 0.3 is 0 Å². The number of aromatic nitrogens is 1. The number of anilines is 1. The summed E-state index contributed by atoms with van der Waals surface area (Å²) in [5.74, 6) is -0.273. The van der Waals surface area contributed by atoms with Crippen LogP contribution in [-0.4, -0.2) is 10.9 Å². The van der Waals surface area contributed by atoms with E-state index in [1.54, 1.807) is 24.3 Å². The SMILES string of the molecule is O=C(/C=C/c1ccc(Cl)cc1Cl)Nc1nc(-c2cccc3ccccc23)cs1. The maximum atomic E-state index is 12.2. The van der Waals surface area contributed by atoms with E-state index in [9.17, 15) is 4.79 Å². The molecule has 0 aliphatic heterocycles. The van der Waals surface area contributed by atoms with Crippen molar-refractivity contribution >= 4 is 62.4 Å². The Kier molecular flexibility index (Phi) is 5.44. The first-order valence-electron chi connectivity index (χ1n) is 8.48. The van der Waals surface area contributed by atoms with Gasteiger partial charge in [0.05, 0.1) is 5.69 Å². The van der Waals surface area contributed by atoms with Crippen molar-refractivity contribution in [2.24, 2.45) is 0 Å². The van der Waals surface area contributed by atoms with Crippen LogP contribution in [0.15, 0.2) is 72.1 Å². The molecular weight excluding hydrogens is 411 g/mol. The Morgan fingerprint density at radius 3 is 2.71 bits per heavy atom. The fourth-order valence-corrected chi connectivity index (χ4v) is 4.04. The monoisotopic (exact) mass is 424 g/mol. The first-order chi connectivity index (χ1) is 13.6. The second-order valence-electron chi connectivity index (χ2n) is 6.05. The summed E-state index contributed by atoms with van der Waals surface area (Å²) >= 11 is 13.4. The number of fused-ring (bicyclic) bond motifs is 1. The Bertz CT molecular complexity index is 1190. The minimum atomic E-state index is -0.273. The smallest absolute Gasteiger partial charge is 0.250 e. The first-order valence-corrected chi connectivity index (χ1v) is 10.1. The molecular formula is C22H14Cl2N2OS. The summed E-state index contributed by atoms with van der Waals surface area (Å²) in [6.45, 7) is 0. The maximum absolute atomic E-state index is 12.2. The van der Waals surface area contributed by atoms with Crippen molar-refractivity contribution in [1.29, 1.82) is 0 Å². The highest BCUT2D eigenvalue weighted by Crippen LogP contribution is 2.31. The lowest BCUT2D eigenvalue weighted by molar-refractivity contribution is -0.111. The van der Waals surface area contributed by atoms with Gasteiger partial charge in [-0.3, -0.25) is 10.1 Å². The quantitative estimate of drug-likeness (QED) is 0.361. The highest BCUT2D eigenvalue weighted by atomic mass is 35.5. The normalized spacial score (nSPS) is 11.2. The zero-order valence-corrected chi connectivity index (χ0v) is 16.9. The van der Waals surface area contributed by atoms with Gasteiger partial charge < -0.3 is 0 Å². The van der Waals surface area contributed by atoms with Gasteiger partial charge in [-0.25, -0.2) is 4.98 Å². The molecule has 0 atom stereocenters. The molecule has 138 valence electrons. The van der Waals surface area contributed by atoms with Crippen LogP contribution in [0, 0.1) is 0 Å². The molecule has 4 rings (SSSR count). The van der Waals surface area contributed by atoms with Crippen molar-refractivity contribution in [2.75, 3.05) is 5.32 Å². The highest BCUT2D eigenvalue weighted by molar-refractivity contribution is 7.14. The third-order valence-corrected chi connectivity index (χ3v) is 5.50. The summed E-state index contributed by atoms with van der Waals surface area (Å²) in [7, 11) is 0. The second kappa shape index (κ2) is 8.15. The van der Waals surface area contributed by atoms with Gasteiger partial charge in [0.15, 0.2) is 5.13 Å². The topological polar surface area (TPSA) is 42.0 Å². The molecule has 0 saturated heterocycles. The summed E-state index contributed by atoms with van der Waals surface area (Å²) in [6.07, 6.45) is 3.07. The molecule has 0 aliphatic carbocycles. The van der Waals surface area contributed by atoms with Crippen LogP contribution in [0.1, 0.15) is 5.56 Å². The summed E-state index contributed by atoms with van der Waals surface area (Å²) < 4.78 is 0. The Morgan fingerprint density at radius 1 is 1.04 bits per heavy atom. The van der Waals surface area contributed by atoms with Crippen molar-refractivity contribution in [3.05, 3.63) is 87.7 Å². The molecule has 3 nitrogen and oxygen atoms in total. The van der Waals surface area contributed by atoms with E-state index < -0.39 is 0 Å². The van der Waals surface area contributed by atoms with Gasteiger partial charge in [0.25, 0.3) is 0 Å². The number of amides is 1. The van der Waals surface area contributed by atoms with Crippen molar-refractivity contribution in [2.45, 2.75) is 0 Å².